The molecule has 0 bridgehead atoms. The molecular formula is C12H23N3S. The van der Waals surface area contributed by atoms with Gasteiger partial charge < -0.3 is 15.5 Å². The molecule has 4 heteroatoms. The van der Waals surface area contributed by atoms with Crippen LogP contribution in [0.1, 0.15) is 40.5 Å². The Morgan fingerprint density at radius 3 is 2.19 bits per heavy atom. The quantitative estimate of drug-likeness (QED) is 0.680. The number of rotatable bonds is 1. The van der Waals surface area contributed by atoms with Gasteiger partial charge in [-0.3, -0.25) is 0 Å². The van der Waals surface area contributed by atoms with Crippen molar-refractivity contribution in [3.8, 4) is 0 Å². The van der Waals surface area contributed by atoms with Crippen molar-refractivity contribution in [2.45, 2.75) is 57.7 Å². The Balaban J connectivity index is 2.13. The molecule has 92 valence electrons. The molecule has 2 N–H and O–H groups in total. The van der Waals surface area contributed by atoms with Gasteiger partial charge in [0.1, 0.15) is 0 Å². The highest BCUT2D eigenvalue weighted by atomic mass is 32.1. The highest BCUT2D eigenvalue weighted by Gasteiger charge is 2.41. The molecule has 2 saturated heterocycles. The van der Waals surface area contributed by atoms with Crippen LogP contribution in [0.3, 0.4) is 0 Å². The predicted octanol–water partition coefficient (Wildman–Crippen LogP) is 1.49. The van der Waals surface area contributed by atoms with Crippen LogP contribution in [0.15, 0.2) is 0 Å². The molecule has 2 heterocycles. The fourth-order valence-electron chi connectivity index (χ4n) is 3.32. The largest absolute Gasteiger partial charge is 0.361 e. The summed E-state index contributed by atoms with van der Waals surface area (Å²) in [5.74, 6) is 0. The average molecular weight is 241 g/mol. The zero-order valence-electron chi connectivity index (χ0n) is 10.8. The minimum atomic E-state index is 0.199. The van der Waals surface area contributed by atoms with Gasteiger partial charge in [0.25, 0.3) is 0 Å². The van der Waals surface area contributed by atoms with E-state index in [2.05, 4.69) is 43.2 Å². The van der Waals surface area contributed by atoms with Crippen LogP contribution >= 0.6 is 12.2 Å². The lowest BCUT2D eigenvalue weighted by Crippen LogP contribution is -2.62. The van der Waals surface area contributed by atoms with Crippen LogP contribution in [-0.4, -0.2) is 40.2 Å². The Labute approximate surface area is 104 Å². The summed E-state index contributed by atoms with van der Waals surface area (Å²) in [4.78, 5) is 2.37. The highest BCUT2D eigenvalue weighted by Crippen LogP contribution is 2.32. The van der Waals surface area contributed by atoms with E-state index in [9.17, 15) is 0 Å². The molecule has 0 saturated carbocycles. The van der Waals surface area contributed by atoms with Gasteiger partial charge in [0.05, 0.1) is 0 Å². The lowest BCUT2D eigenvalue weighted by molar-refractivity contribution is 0.109. The van der Waals surface area contributed by atoms with Crippen LogP contribution in [0.5, 0.6) is 0 Å². The summed E-state index contributed by atoms with van der Waals surface area (Å²) in [5, 5.41) is 7.91. The first-order valence-electron chi connectivity index (χ1n) is 6.13. The Kier molecular flexibility index (Phi) is 2.91. The first-order chi connectivity index (χ1) is 7.29. The molecule has 0 unspecified atom stereocenters. The summed E-state index contributed by atoms with van der Waals surface area (Å²) in [6, 6.07) is 0.578. The molecule has 0 atom stereocenters. The van der Waals surface area contributed by atoms with E-state index in [1.165, 1.54) is 0 Å². The Morgan fingerprint density at radius 1 is 1.19 bits per heavy atom. The van der Waals surface area contributed by atoms with Gasteiger partial charge in [0.15, 0.2) is 5.11 Å². The number of piperidine rings is 1. The summed E-state index contributed by atoms with van der Waals surface area (Å²) in [7, 11) is 0. The topological polar surface area (TPSA) is 27.3 Å². The summed E-state index contributed by atoms with van der Waals surface area (Å²) >= 11 is 5.37. The third kappa shape index (κ3) is 2.48. The maximum atomic E-state index is 5.37. The summed E-state index contributed by atoms with van der Waals surface area (Å²) in [5.41, 5.74) is 0.398. The van der Waals surface area contributed by atoms with Gasteiger partial charge in [-0.2, -0.15) is 0 Å². The minimum absolute atomic E-state index is 0.199. The smallest absolute Gasteiger partial charge is 0.169 e. The molecule has 0 radical (unpaired) electrons. The van der Waals surface area contributed by atoms with Crippen LogP contribution < -0.4 is 10.6 Å². The molecule has 16 heavy (non-hydrogen) atoms. The van der Waals surface area contributed by atoms with E-state index in [1.807, 2.05) is 0 Å². The molecule has 0 aromatic heterocycles. The third-order valence-electron chi connectivity index (χ3n) is 3.50. The van der Waals surface area contributed by atoms with Crippen molar-refractivity contribution in [3.63, 3.8) is 0 Å². The molecule has 2 fully saturated rings. The van der Waals surface area contributed by atoms with E-state index in [1.54, 1.807) is 0 Å². The van der Waals surface area contributed by atoms with Crippen LogP contribution in [0, 0.1) is 0 Å². The molecule has 2 aliphatic rings. The van der Waals surface area contributed by atoms with Crippen LogP contribution in [0.4, 0.5) is 0 Å². The Morgan fingerprint density at radius 2 is 1.75 bits per heavy atom. The number of nitrogens with zero attached hydrogens (tertiary/aromatic N) is 1. The maximum Gasteiger partial charge on any atom is 0.169 e. The van der Waals surface area contributed by atoms with Crippen molar-refractivity contribution in [2.75, 3.05) is 13.1 Å². The van der Waals surface area contributed by atoms with E-state index >= 15 is 0 Å². The number of thiocarbonyl (C=S) groups is 1. The minimum Gasteiger partial charge on any atom is -0.361 e. The van der Waals surface area contributed by atoms with Crippen LogP contribution in [0.2, 0.25) is 0 Å². The van der Waals surface area contributed by atoms with E-state index < -0.39 is 0 Å². The molecule has 0 aromatic rings. The lowest BCUT2D eigenvalue weighted by atomic mass is 9.79. The normalized spacial score (nSPS) is 29.2. The monoisotopic (exact) mass is 241 g/mol. The lowest BCUT2D eigenvalue weighted by Gasteiger charge is -2.49. The highest BCUT2D eigenvalue weighted by molar-refractivity contribution is 7.80. The third-order valence-corrected chi connectivity index (χ3v) is 3.88. The van der Waals surface area contributed by atoms with Crippen molar-refractivity contribution in [2.24, 2.45) is 0 Å². The fourth-order valence-corrected chi connectivity index (χ4v) is 3.67. The van der Waals surface area contributed by atoms with Crippen molar-refractivity contribution in [1.82, 2.24) is 15.5 Å². The van der Waals surface area contributed by atoms with Crippen LogP contribution in [-0.2, 0) is 0 Å². The molecule has 3 nitrogen and oxygen atoms in total. The standard InChI is InChI=1S/C12H23N3S/c1-11(2)7-9(8-12(3,4)14-11)15-6-5-13-10(15)16/h9,14H,5-8H2,1-4H3,(H,13,16). The second kappa shape index (κ2) is 3.84. The van der Waals surface area contributed by atoms with Gasteiger partial charge >= 0.3 is 0 Å². The van der Waals surface area contributed by atoms with Crippen molar-refractivity contribution >= 4 is 17.3 Å². The zero-order chi connectivity index (χ0) is 12.0. The van der Waals surface area contributed by atoms with Gasteiger partial charge in [0.2, 0.25) is 0 Å². The van der Waals surface area contributed by atoms with Crippen molar-refractivity contribution < 1.29 is 0 Å². The maximum absolute atomic E-state index is 5.37. The SMILES string of the molecule is CC1(C)CC(N2CCNC2=S)CC(C)(C)N1. The van der Waals surface area contributed by atoms with Crippen molar-refractivity contribution in [1.29, 1.82) is 0 Å². The number of nitrogens with one attached hydrogen (secondary N) is 2. The van der Waals surface area contributed by atoms with Crippen molar-refractivity contribution in [3.05, 3.63) is 0 Å². The Bertz CT molecular complexity index is 283. The number of hydrogen-bond donors (Lipinski definition) is 2. The second-order valence-corrected chi connectivity index (χ2v) is 6.77. The first kappa shape index (κ1) is 12.1. The molecular weight excluding hydrogens is 218 g/mol. The molecule has 2 rings (SSSR count). The molecule has 2 aliphatic heterocycles. The van der Waals surface area contributed by atoms with Gasteiger partial charge in [0, 0.05) is 30.2 Å². The summed E-state index contributed by atoms with van der Waals surface area (Å²) < 4.78 is 0. The fraction of sp³-hybridized carbons (Fsp3) is 0.917. The first-order valence-corrected chi connectivity index (χ1v) is 6.54. The summed E-state index contributed by atoms with van der Waals surface area (Å²) in [6.07, 6.45) is 2.33. The number of hydrogen-bond acceptors (Lipinski definition) is 2. The van der Waals surface area contributed by atoms with E-state index in [0.29, 0.717) is 6.04 Å². The van der Waals surface area contributed by atoms with Gasteiger partial charge in [-0.15, -0.1) is 0 Å². The molecule has 0 aliphatic carbocycles. The van der Waals surface area contributed by atoms with Crippen LogP contribution in [0.25, 0.3) is 0 Å². The Hall–Kier alpha value is -0.350. The average Bonchev–Trinajstić information content (AvgIpc) is 2.45. The van der Waals surface area contributed by atoms with E-state index in [4.69, 9.17) is 12.2 Å². The molecule has 0 amide bonds. The second-order valence-electron chi connectivity index (χ2n) is 6.38. The molecule has 0 spiro atoms. The molecule has 0 aromatic carbocycles. The zero-order valence-corrected chi connectivity index (χ0v) is 11.6. The predicted molar refractivity (Wildman–Crippen MR) is 71.6 cm³/mol. The van der Waals surface area contributed by atoms with Gasteiger partial charge in [-0.1, -0.05) is 0 Å². The van der Waals surface area contributed by atoms with Gasteiger partial charge in [-0.05, 0) is 52.8 Å². The summed E-state index contributed by atoms with van der Waals surface area (Å²) in [6.45, 7) is 11.2. The van der Waals surface area contributed by atoms with E-state index in [0.717, 1.165) is 31.0 Å². The van der Waals surface area contributed by atoms with Gasteiger partial charge in [-0.25, -0.2) is 0 Å². The van der Waals surface area contributed by atoms with E-state index in [-0.39, 0.29) is 11.1 Å².